The number of carbonyl (C=O) groups excluding carboxylic acids is 1. The number of methoxy groups -OCH3 is 1. The Bertz CT molecular complexity index is 452. The van der Waals surface area contributed by atoms with Crippen LogP contribution in [0, 0.1) is 3.57 Å². The Labute approximate surface area is 108 Å². The van der Waals surface area contributed by atoms with Crippen molar-refractivity contribution in [2.45, 2.75) is 25.9 Å². The molecule has 0 unspecified atom stereocenters. The Balaban J connectivity index is 2.46. The molecule has 0 atom stereocenters. The number of ether oxygens (including phenoxy) is 2. The molecule has 86 valence electrons. The van der Waals surface area contributed by atoms with Gasteiger partial charge in [0.05, 0.1) is 16.2 Å². The van der Waals surface area contributed by atoms with E-state index >= 15 is 0 Å². The van der Waals surface area contributed by atoms with E-state index in [9.17, 15) is 4.79 Å². The lowest BCUT2D eigenvalue weighted by atomic mass is 10.0. The second kappa shape index (κ2) is 3.91. The van der Waals surface area contributed by atoms with Gasteiger partial charge in [-0.25, -0.2) is 4.79 Å². The molecule has 1 aliphatic rings. The fourth-order valence-electron chi connectivity index (χ4n) is 1.90. The van der Waals surface area contributed by atoms with Crippen LogP contribution in [0.3, 0.4) is 0 Å². The first-order valence-corrected chi connectivity index (χ1v) is 6.10. The average molecular weight is 332 g/mol. The van der Waals surface area contributed by atoms with Crippen LogP contribution in [0.1, 0.15) is 29.8 Å². The topological polar surface area (TPSA) is 35.5 Å². The summed E-state index contributed by atoms with van der Waals surface area (Å²) in [6.45, 7) is 4.09. The summed E-state index contributed by atoms with van der Waals surface area (Å²) in [6, 6.07) is 3.66. The van der Waals surface area contributed by atoms with E-state index < -0.39 is 0 Å². The summed E-state index contributed by atoms with van der Waals surface area (Å²) < 4.78 is 11.5. The zero-order chi connectivity index (χ0) is 11.9. The number of benzene rings is 1. The number of rotatable bonds is 1. The first-order valence-electron chi connectivity index (χ1n) is 5.03. The molecule has 0 radical (unpaired) electrons. The second-order valence-electron chi connectivity index (χ2n) is 4.48. The molecule has 1 aromatic carbocycles. The van der Waals surface area contributed by atoms with Crippen LogP contribution in [-0.4, -0.2) is 18.7 Å². The van der Waals surface area contributed by atoms with Crippen LogP contribution in [-0.2, 0) is 11.2 Å². The summed E-state index contributed by atoms with van der Waals surface area (Å²) >= 11 is 2.19. The van der Waals surface area contributed by atoms with Crippen LogP contribution in [0.2, 0.25) is 0 Å². The Morgan fingerprint density at radius 2 is 2.19 bits per heavy atom. The van der Waals surface area contributed by atoms with Crippen molar-refractivity contribution in [1.29, 1.82) is 0 Å². The second-order valence-corrected chi connectivity index (χ2v) is 5.64. The molecule has 2 rings (SSSR count). The Morgan fingerprint density at radius 3 is 2.81 bits per heavy atom. The number of carbonyl (C=O) groups is 1. The van der Waals surface area contributed by atoms with Crippen LogP contribution in [0.25, 0.3) is 0 Å². The normalized spacial score (nSPS) is 16.5. The van der Waals surface area contributed by atoms with Gasteiger partial charge >= 0.3 is 5.97 Å². The molecule has 0 aromatic heterocycles. The van der Waals surface area contributed by atoms with E-state index in [1.165, 1.54) is 7.11 Å². The molecule has 4 heteroatoms. The summed E-state index contributed by atoms with van der Waals surface area (Å²) in [5.74, 6) is 0.601. The zero-order valence-corrected chi connectivity index (χ0v) is 11.6. The van der Waals surface area contributed by atoms with Gasteiger partial charge in [0.15, 0.2) is 0 Å². The summed E-state index contributed by atoms with van der Waals surface area (Å²) in [4.78, 5) is 11.5. The van der Waals surface area contributed by atoms with Crippen molar-refractivity contribution < 1.29 is 14.3 Å². The largest absolute Gasteiger partial charge is 0.486 e. The third-order valence-corrected chi connectivity index (χ3v) is 3.34. The van der Waals surface area contributed by atoms with Crippen molar-refractivity contribution in [2.75, 3.05) is 7.11 Å². The molecule has 0 N–H and O–H groups in total. The van der Waals surface area contributed by atoms with Gasteiger partial charge in [-0.1, -0.05) is 0 Å². The van der Waals surface area contributed by atoms with Gasteiger partial charge in [-0.15, -0.1) is 0 Å². The molecule has 0 saturated carbocycles. The molecule has 1 aliphatic heterocycles. The van der Waals surface area contributed by atoms with E-state index in [1.54, 1.807) is 6.07 Å². The number of halogens is 1. The van der Waals surface area contributed by atoms with Crippen LogP contribution in [0.5, 0.6) is 5.75 Å². The van der Waals surface area contributed by atoms with Crippen molar-refractivity contribution in [2.24, 2.45) is 0 Å². The lowest BCUT2D eigenvalue weighted by molar-refractivity contribution is 0.0600. The molecule has 0 amide bonds. The van der Waals surface area contributed by atoms with Crippen molar-refractivity contribution >= 4 is 28.6 Å². The van der Waals surface area contributed by atoms with Gasteiger partial charge in [0.1, 0.15) is 11.4 Å². The quantitative estimate of drug-likeness (QED) is 0.586. The van der Waals surface area contributed by atoms with Crippen LogP contribution in [0.4, 0.5) is 0 Å². The lowest BCUT2D eigenvalue weighted by Crippen LogP contribution is -2.24. The standard InChI is InChI=1S/C12H13IO3/c1-12(2)6-8-4-7(11(14)15-3)5-9(13)10(8)16-12/h4-5H,6H2,1-3H3. The molecule has 0 fully saturated rings. The summed E-state index contributed by atoms with van der Waals surface area (Å²) in [6.07, 6.45) is 0.823. The van der Waals surface area contributed by atoms with E-state index in [0.717, 1.165) is 21.3 Å². The fraction of sp³-hybridized carbons (Fsp3) is 0.417. The molecular weight excluding hydrogens is 319 g/mol. The van der Waals surface area contributed by atoms with Crippen molar-refractivity contribution in [3.05, 3.63) is 26.8 Å². The molecule has 0 aliphatic carbocycles. The minimum absolute atomic E-state index is 0.184. The Morgan fingerprint density at radius 1 is 1.50 bits per heavy atom. The van der Waals surface area contributed by atoms with E-state index in [1.807, 2.05) is 19.9 Å². The SMILES string of the molecule is COC(=O)c1cc(I)c2c(c1)CC(C)(C)O2. The highest BCUT2D eigenvalue weighted by molar-refractivity contribution is 14.1. The molecule has 1 heterocycles. The van der Waals surface area contributed by atoms with E-state index in [-0.39, 0.29) is 11.6 Å². The van der Waals surface area contributed by atoms with Crippen molar-refractivity contribution in [1.82, 2.24) is 0 Å². The van der Waals surface area contributed by atoms with Gasteiger partial charge in [-0.05, 0) is 48.6 Å². The maximum Gasteiger partial charge on any atom is 0.337 e. The van der Waals surface area contributed by atoms with Gasteiger partial charge in [-0.2, -0.15) is 0 Å². The predicted octanol–water partition coefficient (Wildman–Crippen LogP) is 2.79. The number of hydrogen-bond acceptors (Lipinski definition) is 3. The number of fused-ring (bicyclic) bond motifs is 1. The van der Waals surface area contributed by atoms with Crippen LogP contribution < -0.4 is 4.74 Å². The minimum atomic E-state index is -0.301. The first-order chi connectivity index (χ1) is 7.43. The van der Waals surface area contributed by atoms with Crippen molar-refractivity contribution in [3.8, 4) is 5.75 Å². The smallest absolute Gasteiger partial charge is 0.337 e. The van der Waals surface area contributed by atoms with E-state index in [0.29, 0.717) is 5.56 Å². The predicted molar refractivity (Wildman–Crippen MR) is 68.9 cm³/mol. The third kappa shape index (κ3) is 2.03. The van der Waals surface area contributed by atoms with Crippen molar-refractivity contribution in [3.63, 3.8) is 0 Å². The van der Waals surface area contributed by atoms with E-state index in [4.69, 9.17) is 9.47 Å². The van der Waals surface area contributed by atoms with Crippen LogP contribution >= 0.6 is 22.6 Å². The molecule has 0 spiro atoms. The maximum absolute atomic E-state index is 11.5. The lowest BCUT2D eigenvalue weighted by Gasteiger charge is -2.17. The maximum atomic E-state index is 11.5. The average Bonchev–Trinajstić information content (AvgIpc) is 2.52. The molecule has 1 aromatic rings. The minimum Gasteiger partial charge on any atom is -0.486 e. The molecule has 16 heavy (non-hydrogen) atoms. The van der Waals surface area contributed by atoms with E-state index in [2.05, 4.69) is 22.6 Å². The molecule has 0 bridgehead atoms. The summed E-state index contributed by atoms with van der Waals surface area (Å²) in [7, 11) is 1.39. The summed E-state index contributed by atoms with van der Waals surface area (Å²) in [5, 5.41) is 0. The van der Waals surface area contributed by atoms with Gasteiger partial charge in [0.2, 0.25) is 0 Å². The highest BCUT2D eigenvalue weighted by Gasteiger charge is 2.32. The number of esters is 1. The van der Waals surface area contributed by atoms with Gasteiger partial charge in [-0.3, -0.25) is 0 Å². The monoisotopic (exact) mass is 332 g/mol. The highest BCUT2D eigenvalue weighted by atomic mass is 127. The fourth-order valence-corrected chi connectivity index (χ4v) is 2.69. The first kappa shape index (κ1) is 11.7. The Hall–Kier alpha value is -0.780. The van der Waals surface area contributed by atoms with Gasteiger partial charge < -0.3 is 9.47 Å². The molecular formula is C12H13IO3. The Kier molecular flexibility index (Phi) is 2.86. The third-order valence-electron chi connectivity index (χ3n) is 2.54. The van der Waals surface area contributed by atoms with Crippen LogP contribution in [0.15, 0.2) is 12.1 Å². The van der Waals surface area contributed by atoms with Gasteiger partial charge in [0, 0.05) is 12.0 Å². The molecule has 0 saturated heterocycles. The number of hydrogen-bond donors (Lipinski definition) is 0. The highest BCUT2D eigenvalue weighted by Crippen LogP contribution is 2.39. The molecule has 3 nitrogen and oxygen atoms in total. The van der Waals surface area contributed by atoms with Gasteiger partial charge in [0.25, 0.3) is 0 Å². The summed E-state index contributed by atoms with van der Waals surface area (Å²) in [5.41, 5.74) is 1.49. The zero-order valence-electron chi connectivity index (χ0n) is 9.46.